The van der Waals surface area contributed by atoms with E-state index in [2.05, 4.69) is 0 Å². The Bertz CT molecular complexity index is 308. The number of aliphatic carboxylic acids is 1. The normalized spacial score (nSPS) is 8.53. The fraction of sp³-hybridized carbons (Fsp3) is 0.222. The molecule has 0 aliphatic heterocycles. The highest BCUT2D eigenvalue weighted by Crippen LogP contribution is 2.01. The van der Waals surface area contributed by atoms with E-state index in [1.807, 2.05) is 30.3 Å². The van der Waals surface area contributed by atoms with Gasteiger partial charge in [-0.05, 0) is 12.0 Å². The summed E-state index contributed by atoms with van der Waals surface area (Å²) in [6, 6.07) is 9.62. The van der Waals surface area contributed by atoms with Gasteiger partial charge in [0.15, 0.2) is 0 Å². The van der Waals surface area contributed by atoms with Crippen molar-refractivity contribution in [2.45, 2.75) is 12.8 Å². The van der Waals surface area contributed by atoms with E-state index in [-0.39, 0.29) is 6.42 Å². The Hall–Kier alpha value is -2.11. The number of carboxylic acids is 1. The third kappa shape index (κ3) is 9.81. The van der Waals surface area contributed by atoms with Crippen molar-refractivity contribution >= 4 is 5.97 Å². The van der Waals surface area contributed by atoms with Crippen LogP contribution >= 0.6 is 0 Å². The zero-order chi connectivity index (χ0) is 11.7. The van der Waals surface area contributed by atoms with Gasteiger partial charge in [-0.15, -0.1) is 10.1 Å². The van der Waals surface area contributed by atoms with Crippen molar-refractivity contribution in [2.24, 2.45) is 0 Å². The van der Waals surface area contributed by atoms with Crippen LogP contribution in [0.3, 0.4) is 0 Å². The van der Waals surface area contributed by atoms with Crippen LogP contribution in [0.1, 0.15) is 12.0 Å². The van der Waals surface area contributed by atoms with E-state index >= 15 is 0 Å². The standard InChI is InChI=1S/C9H10O2.HNO3/c10-9(11)7-6-8-4-2-1-3-5-8;2-1(3)4/h1-5H,6-7H2,(H,10,11);(H,2,3,4). The molecule has 0 spiro atoms. The maximum absolute atomic E-state index is 10.2. The number of nitrogens with zero attached hydrogens (tertiary/aromatic N) is 1. The lowest BCUT2D eigenvalue weighted by Crippen LogP contribution is -1.96. The van der Waals surface area contributed by atoms with Crippen molar-refractivity contribution in [3.8, 4) is 0 Å². The van der Waals surface area contributed by atoms with Gasteiger partial charge in [0, 0.05) is 6.42 Å². The number of carbonyl (C=O) groups is 1. The maximum Gasteiger partial charge on any atom is 0.303 e. The van der Waals surface area contributed by atoms with Crippen molar-refractivity contribution in [1.82, 2.24) is 0 Å². The first-order chi connectivity index (χ1) is 7.02. The average Bonchev–Trinajstić information content (AvgIpc) is 2.15. The van der Waals surface area contributed by atoms with Crippen molar-refractivity contribution in [1.29, 1.82) is 0 Å². The van der Waals surface area contributed by atoms with Crippen LogP contribution in [0.25, 0.3) is 0 Å². The third-order valence-corrected chi connectivity index (χ3v) is 1.47. The maximum atomic E-state index is 10.2. The number of hydrogen-bond acceptors (Lipinski definition) is 3. The van der Waals surface area contributed by atoms with Crippen molar-refractivity contribution in [3.05, 3.63) is 46.0 Å². The molecule has 2 N–H and O–H groups in total. The highest BCUT2D eigenvalue weighted by atomic mass is 16.9. The molecular formula is C9H11NO5. The van der Waals surface area contributed by atoms with E-state index in [0.29, 0.717) is 6.42 Å². The molecule has 1 rings (SSSR count). The van der Waals surface area contributed by atoms with Crippen LogP contribution in [-0.4, -0.2) is 21.4 Å². The first-order valence-corrected chi connectivity index (χ1v) is 4.11. The summed E-state index contributed by atoms with van der Waals surface area (Å²) in [6.45, 7) is 0. The Labute approximate surface area is 85.9 Å². The molecule has 82 valence electrons. The molecule has 0 radical (unpaired) electrons. The van der Waals surface area contributed by atoms with E-state index in [1.165, 1.54) is 0 Å². The van der Waals surface area contributed by atoms with Gasteiger partial charge in [-0.3, -0.25) is 4.79 Å². The molecule has 6 nitrogen and oxygen atoms in total. The minimum Gasteiger partial charge on any atom is -0.481 e. The molecule has 0 saturated heterocycles. The van der Waals surface area contributed by atoms with Gasteiger partial charge in [-0.25, -0.2) is 0 Å². The smallest absolute Gasteiger partial charge is 0.303 e. The van der Waals surface area contributed by atoms with Crippen LogP contribution in [0.4, 0.5) is 0 Å². The van der Waals surface area contributed by atoms with Gasteiger partial charge < -0.3 is 10.3 Å². The Morgan fingerprint density at radius 1 is 1.33 bits per heavy atom. The van der Waals surface area contributed by atoms with Crippen LogP contribution in [0.5, 0.6) is 0 Å². The molecule has 0 aliphatic rings. The molecule has 0 amide bonds. The Morgan fingerprint density at radius 2 is 1.80 bits per heavy atom. The molecular weight excluding hydrogens is 202 g/mol. The van der Waals surface area contributed by atoms with E-state index in [9.17, 15) is 4.79 Å². The average molecular weight is 213 g/mol. The monoisotopic (exact) mass is 213 g/mol. The zero-order valence-electron chi connectivity index (χ0n) is 7.87. The van der Waals surface area contributed by atoms with Crippen LogP contribution in [0, 0.1) is 10.1 Å². The van der Waals surface area contributed by atoms with Gasteiger partial charge in [0.25, 0.3) is 5.09 Å². The second-order valence-electron chi connectivity index (χ2n) is 2.62. The number of hydrogen-bond donors (Lipinski definition) is 2. The summed E-state index contributed by atoms with van der Waals surface area (Å²) in [5.74, 6) is -0.742. The second kappa shape index (κ2) is 7.31. The van der Waals surface area contributed by atoms with Gasteiger partial charge in [-0.2, -0.15) is 0 Å². The predicted molar refractivity (Wildman–Crippen MR) is 51.2 cm³/mol. The molecule has 0 atom stereocenters. The fourth-order valence-electron chi connectivity index (χ4n) is 0.896. The summed E-state index contributed by atoms with van der Waals surface area (Å²) >= 11 is 0. The molecule has 0 bridgehead atoms. The van der Waals surface area contributed by atoms with Crippen molar-refractivity contribution in [3.63, 3.8) is 0 Å². The minimum atomic E-state index is -1.50. The Kier molecular flexibility index (Phi) is 6.28. The lowest BCUT2D eigenvalue weighted by Gasteiger charge is -1.95. The number of benzene rings is 1. The first-order valence-electron chi connectivity index (χ1n) is 4.11. The largest absolute Gasteiger partial charge is 0.481 e. The van der Waals surface area contributed by atoms with Gasteiger partial charge in [-0.1, -0.05) is 30.3 Å². The molecule has 0 saturated carbocycles. The zero-order valence-corrected chi connectivity index (χ0v) is 7.87. The van der Waals surface area contributed by atoms with Crippen LogP contribution in [0.15, 0.2) is 30.3 Å². The molecule has 0 heterocycles. The van der Waals surface area contributed by atoms with Crippen LogP contribution < -0.4 is 0 Å². The fourth-order valence-corrected chi connectivity index (χ4v) is 0.896. The molecule has 0 aromatic heterocycles. The van der Waals surface area contributed by atoms with Gasteiger partial charge in [0.2, 0.25) is 0 Å². The first kappa shape index (κ1) is 12.9. The lowest BCUT2D eigenvalue weighted by atomic mass is 10.1. The summed E-state index contributed by atoms with van der Waals surface area (Å²) in [5, 5.41) is 22.0. The van der Waals surface area contributed by atoms with Crippen LogP contribution in [0.2, 0.25) is 0 Å². The lowest BCUT2D eigenvalue weighted by molar-refractivity contribution is -0.742. The second-order valence-corrected chi connectivity index (χ2v) is 2.62. The molecule has 0 unspecified atom stereocenters. The van der Waals surface area contributed by atoms with Crippen LogP contribution in [-0.2, 0) is 11.2 Å². The predicted octanol–water partition coefficient (Wildman–Crippen LogP) is 1.36. The van der Waals surface area contributed by atoms with E-state index in [0.717, 1.165) is 5.56 Å². The summed E-state index contributed by atoms with van der Waals surface area (Å²) in [7, 11) is 0. The van der Waals surface area contributed by atoms with E-state index in [1.54, 1.807) is 0 Å². The number of aryl methyl sites for hydroxylation is 1. The quantitative estimate of drug-likeness (QED) is 0.583. The number of carboxylic acid groups (broad SMARTS) is 1. The SMILES string of the molecule is O=C(O)CCc1ccccc1.O=[N+]([O-])O. The highest BCUT2D eigenvalue weighted by molar-refractivity contribution is 5.67. The van der Waals surface area contributed by atoms with Gasteiger partial charge in [0.05, 0.1) is 0 Å². The topological polar surface area (TPSA) is 101 Å². The minimum absolute atomic E-state index is 0.212. The molecule has 6 heteroatoms. The number of rotatable bonds is 3. The molecule has 0 aliphatic carbocycles. The van der Waals surface area contributed by atoms with E-state index < -0.39 is 11.1 Å². The summed E-state index contributed by atoms with van der Waals surface area (Å²) in [6.07, 6.45) is 0.834. The van der Waals surface area contributed by atoms with Crippen molar-refractivity contribution < 1.29 is 20.2 Å². The highest BCUT2D eigenvalue weighted by Gasteiger charge is 1.96. The summed E-state index contributed by atoms with van der Waals surface area (Å²) in [4.78, 5) is 18.5. The molecule has 1 aromatic carbocycles. The third-order valence-electron chi connectivity index (χ3n) is 1.47. The molecule has 0 fully saturated rings. The molecule has 1 aromatic rings. The van der Waals surface area contributed by atoms with Crippen molar-refractivity contribution in [2.75, 3.05) is 0 Å². The van der Waals surface area contributed by atoms with Gasteiger partial charge in [0.1, 0.15) is 0 Å². The summed E-state index contributed by atoms with van der Waals surface area (Å²) < 4.78 is 0. The molecule has 15 heavy (non-hydrogen) atoms. The van der Waals surface area contributed by atoms with E-state index in [4.69, 9.17) is 20.4 Å². The summed E-state index contributed by atoms with van der Waals surface area (Å²) in [5.41, 5.74) is 1.08. The Balaban J connectivity index is 0.000000423. The van der Waals surface area contributed by atoms with Gasteiger partial charge >= 0.3 is 5.97 Å². The Morgan fingerprint density at radius 3 is 2.20 bits per heavy atom.